The molecule has 0 aliphatic rings. The largest absolute Gasteiger partial charge is 0.497 e. The van der Waals surface area contributed by atoms with Gasteiger partial charge in [0.25, 0.3) is 0 Å². The topological polar surface area (TPSA) is 26.3 Å². The molecule has 0 saturated heterocycles. The predicted molar refractivity (Wildman–Crippen MR) is 74.4 cm³/mol. The van der Waals surface area contributed by atoms with Crippen LogP contribution in [-0.4, -0.2) is 18.6 Å². The second kappa shape index (κ2) is 6.38. The molecule has 0 aliphatic heterocycles. The lowest BCUT2D eigenvalue weighted by Crippen LogP contribution is -2.02. The van der Waals surface area contributed by atoms with Crippen molar-refractivity contribution in [3.05, 3.63) is 59.9 Å². The fourth-order valence-corrected chi connectivity index (χ4v) is 2.33. The van der Waals surface area contributed by atoms with Crippen LogP contribution in [0.3, 0.4) is 0 Å². The molecule has 0 bridgehead atoms. The van der Waals surface area contributed by atoms with E-state index in [9.17, 15) is 9.18 Å². The van der Waals surface area contributed by atoms with Gasteiger partial charge in [0.05, 0.1) is 12.9 Å². The summed E-state index contributed by atoms with van der Waals surface area (Å²) >= 11 is 1.39. The van der Waals surface area contributed by atoms with Crippen LogP contribution in [0.5, 0.6) is 5.75 Å². The molecule has 2 nitrogen and oxygen atoms in total. The van der Waals surface area contributed by atoms with Gasteiger partial charge in [-0.1, -0.05) is 0 Å². The van der Waals surface area contributed by atoms with E-state index >= 15 is 0 Å². The lowest BCUT2D eigenvalue weighted by molar-refractivity contribution is 0.102. The number of rotatable bonds is 5. The van der Waals surface area contributed by atoms with Crippen molar-refractivity contribution >= 4 is 17.5 Å². The van der Waals surface area contributed by atoms with Gasteiger partial charge < -0.3 is 4.74 Å². The van der Waals surface area contributed by atoms with Crippen LogP contribution >= 0.6 is 11.8 Å². The van der Waals surface area contributed by atoms with Crippen molar-refractivity contribution < 1.29 is 13.9 Å². The van der Waals surface area contributed by atoms with E-state index in [0.29, 0.717) is 11.3 Å². The fourth-order valence-electron chi connectivity index (χ4n) is 1.54. The van der Waals surface area contributed by atoms with E-state index in [4.69, 9.17) is 4.74 Å². The summed E-state index contributed by atoms with van der Waals surface area (Å²) in [4.78, 5) is 12.8. The summed E-state index contributed by atoms with van der Waals surface area (Å²) in [6, 6.07) is 13.1. The molecule has 0 N–H and O–H groups in total. The minimum Gasteiger partial charge on any atom is -0.497 e. The molecule has 98 valence electrons. The van der Waals surface area contributed by atoms with E-state index in [1.807, 2.05) is 0 Å². The number of benzene rings is 2. The SMILES string of the molecule is COc1ccc(C(=O)CSc2ccc(F)cc2)cc1. The Morgan fingerprint density at radius 2 is 1.74 bits per heavy atom. The number of thioether (sulfide) groups is 1. The van der Waals surface area contributed by atoms with Crippen molar-refractivity contribution in [2.45, 2.75) is 4.90 Å². The molecule has 0 spiro atoms. The Balaban J connectivity index is 1.95. The molecule has 2 aromatic carbocycles. The van der Waals surface area contributed by atoms with Crippen molar-refractivity contribution in [1.82, 2.24) is 0 Å². The molecular weight excluding hydrogens is 263 g/mol. The van der Waals surface area contributed by atoms with Crippen LogP contribution in [0.4, 0.5) is 4.39 Å². The Kier molecular flexibility index (Phi) is 4.58. The highest BCUT2D eigenvalue weighted by atomic mass is 32.2. The van der Waals surface area contributed by atoms with Crippen LogP contribution in [0, 0.1) is 5.82 Å². The van der Waals surface area contributed by atoms with Gasteiger partial charge in [-0.3, -0.25) is 4.79 Å². The number of halogens is 1. The van der Waals surface area contributed by atoms with Gasteiger partial charge >= 0.3 is 0 Å². The summed E-state index contributed by atoms with van der Waals surface area (Å²) in [6.07, 6.45) is 0. The number of Topliss-reactive ketones (excluding diaryl/α,β-unsaturated/α-hetero) is 1. The van der Waals surface area contributed by atoms with Crippen LogP contribution in [0.2, 0.25) is 0 Å². The van der Waals surface area contributed by atoms with Crippen LogP contribution in [-0.2, 0) is 0 Å². The zero-order valence-electron chi connectivity index (χ0n) is 10.4. The van der Waals surface area contributed by atoms with E-state index in [2.05, 4.69) is 0 Å². The first-order valence-corrected chi connectivity index (χ1v) is 6.73. The van der Waals surface area contributed by atoms with Gasteiger partial charge in [0, 0.05) is 10.5 Å². The smallest absolute Gasteiger partial charge is 0.173 e. The van der Waals surface area contributed by atoms with Crippen molar-refractivity contribution in [2.24, 2.45) is 0 Å². The molecule has 0 unspecified atom stereocenters. The lowest BCUT2D eigenvalue weighted by Gasteiger charge is -2.03. The number of carbonyl (C=O) groups is 1. The average molecular weight is 276 g/mol. The number of hydrogen-bond acceptors (Lipinski definition) is 3. The molecule has 0 amide bonds. The van der Waals surface area contributed by atoms with Gasteiger partial charge in [-0.15, -0.1) is 11.8 Å². The minimum absolute atomic E-state index is 0.0389. The van der Waals surface area contributed by atoms with Crippen LogP contribution in [0.1, 0.15) is 10.4 Å². The standard InChI is InChI=1S/C15H13FO2S/c1-18-13-6-2-11(3-7-13)15(17)10-19-14-8-4-12(16)5-9-14/h2-9H,10H2,1H3. The Labute approximate surface area is 115 Å². The Bertz CT molecular complexity index is 549. The van der Waals surface area contributed by atoms with Crippen LogP contribution < -0.4 is 4.74 Å². The molecule has 0 radical (unpaired) electrons. The highest BCUT2D eigenvalue weighted by Gasteiger charge is 2.07. The molecule has 0 aliphatic carbocycles. The maximum atomic E-state index is 12.7. The number of hydrogen-bond donors (Lipinski definition) is 0. The van der Waals surface area contributed by atoms with E-state index in [-0.39, 0.29) is 11.6 Å². The lowest BCUT2D eigenvalue weighted by atomic mass is 10.1. The molecule has 0 atom stereocenters. The maximum Gasteiger partial charge on any atom is 0.173 e. The second-order valence-corrected chi connectivity index (χ2v) is 4.94. The van der Waals surface area contributed by atoms with Gasteiger partial charge in [-0.25, -0.2) is 4.39 Å². The summed E-state index contributed by atoms with van der Waals surface area (Å²) in [5.41, 5.74) is 0.649. The van der Waals surface area contributed by atoms with Gasteiger partial charge in [-0.2, -0.15) is 0 Å². The number of ether oxygens (including phenoxy) is 1. The minimum atomic E-state index is -0.272. The number of ketones is 1. The van der Waals surface area contributed by atoms with Gasteiger partial charge in [0.1, 0.15) is 11.6 Å². The van der Waals surface area contributed by atoms with E-state index < -0.39 is 0 Å². The molecule has 0 fully saturated rings. The van der Waals surface area contributed by atoms with Crippen molar-refractivity contribution in [1.29, 1.82) is 0 Å². The van der Waals surface area contributed by atoms with E-state index in [1.165, 1.54) is 23.9 Å². The molecular formula is C15H13FO2S. The van der Waals surface area contributed by atoms with Crippen molar-refractivity contribution in [3.63, 3.8) is 0 Å². The Morgan fingerprint density at radius 1 is 1.11 bits per heavy atom. The van der Waals surface area contributed by atoms with E-state index in [1.54, 1.807) is 43.5 Å². The summed E-state index contributed by atoms with van der Waals surface area (Å²) in [6.45, 7) is 0. The summed E-state index contributed by atoms with van der Waals surface area (Å²) in [5, 5.41) is 0. The molecule has 0 aromatic heterocycles. The molecule has 2 aromatic rings. The first-order valence-electron chi connectivity index (χ1n) is 5.74. The quantitative estimate of drug-likeness (QED) is 0.613. The molecule has 2 rings (SSSR count). The Hall–Kier alpha value is -1.81. The van der Waals surface area contributed by atoms with Gasteiger partial charge in [0.2, 0.25) is 0 Å². The van der Waals surface area contributed by atoms with Crippen LogP contribution in [0.15, 0.2) is 53.4 Å². The highest BCUT2D eigenvalue weighted by molar-refractivity contribution is 8.00. The van der Waals surface area contributed by atoms with Gasteiger partial charge in [-0.05, 0) is 48.5 Å². The van der Waals surface area contributed by atoms with Crippen molar-refractivity contribution in [3.8, 4) is 5.75 Å². The third-order valence-corrected chi connectivity index (χ3v) is 3.61. The third kappa shape index (κ3) is 3.83. The highest BCUT2D eigenvalue weighted by Crippen LogP contribution is 2.20. The first-order chi connectivity index (χ1) is 9.19. The normalized spacial score (nSPS) is 10.2. The molecule has 0 saturated carbocycles. The molecule has 4 heteroatoms. The molecule has 19 heavy (non-hydrogen) atoms. The second-order valence-electron chi connectivity index (χ2n) is 3.89. The molecule has 0 heterocycles. The van der Waals surface area contributed by atoms with Gasteiger partial charge in [0.15, 0.2) is 5.78 Å². The maximum absolute atomic E-state index is 12.7. The zero-order valence-corrected chi connectivity index (χ0v) is 11.2. The zero-order chi connectivity index (χ0) is 13.7. The first kappa shape index (κ1) is 13.6. The number of methoxy groups -OCH3 is 1. The van der Waals surface area contributed by atoms with Crippen LogP contribution in [0.25, 0.3) is 0 Å². The third-order valence-electron chi connectivity index (χ3n) is 2.60. The van der Waals surface area contributed by atoms with Crippen molar-refractivity contribution in [2.75, 3.05) is 12.9 Å². The summed E-state index contributed by atoms with van der Waals surface area (Å²) in [5.74, 6) is 0.823. The summed E-state index contributed by atoms with van der Waals surface area (Å²) in [7, 11) is 1.58. The predicted octanol–water partition coefficient (Wildman–Crippen LogP) is 3.81. The fraction of sp³-hybridized carbons (Fsp3) is 0.133. The number of carbonyl (C=O) groups excluding carboxylic acids is 1. The summed E-state index contributed by atoms with van der Waals surface area (Å²) < 4.78 is 17.8. The van der Waals surface area contributed by atoms with E-state index in [0.717, 1.165) is 10.6 Å². The monoisotopic (exact) mass is 276 g/mol. The Morgan fingerprint density at radius 3 is 2.32 bits per heavy atom. The average Bonchev–Trinajstić information content (AvgIpc) is 2.46.